The maximum atomic E-state index is 4.79. The average molecular weight is 322 g/mol. The van der Waals surface area contributed by atoms with Crippen LogP contribution in [0.4, 0.5) is 0 Å². The molecule has 4 heteroatoms. The van der Waals surface area contributed by atoms with Crippen LogP contribution in [0.25, 0.3) is 11.3 Å². The van der Waals surface area contributed by atoms with Crippen LogP contribution in [0, 0.1) is 6.92 Å². The number of benzene rings is 1. The lowest BCUT2D eigenvalue weighted by Crippen LogP contribution is -2.17. The first-order valence-electron chi connectivity index (χ1n) is 6.62. The fourth-order valence-electron chi connectivity index (χ4n) is 2.25. The largest absolute Gasteiger partial charge is 0.345 e. The highest BCUT2D eigenvalue weighted by Gasteiger charge is 2.15. The maximum absolute atomic E-state index is 4.79. The molecule has 0 radical (unpaired) electrons. The number of hydrogen-bond acceptors (Lipinski definition) is 2. The standard InChI is InChI=1S/C15H20BrN3/c1-4-11(9-17-3)15-18-10(2)14(19-15)12-5-7-13(16)8-6-12/h5-8,11,17H,4,9H2,1-3H3,(H,18,19). The van der Waals surface area contributed by atoms with Crippen LogP contribution in [0.2, 0.25) is 0 Å². The Morgan fingerprint density at radius 1 is 1.32 bits per heavy atom. The molecular formula is C15H20BrN3. The molecule has 0 fully saturated rings. The summed E-state index contributed by atoms with van der Waals surface area (Å²) in [4.78, 5) is 8.22. The Morgan fingerprint density at radius 3 is 2.58 bits per heavy atom. The van der Waals surface area contributed by atoms with Crippen LogP contribution in [0.3, 0.4) is 0 Å². The van der Waals surface area contributed by atoms with Gasteiger partial charge in [-0.25, -0.2) is 4.98 Å². The summed E-state index contributed by atoms with van der Waals surface area (Å²) in [6, 6.07) is 8.29. The summed E-state index contributed by atoms with van der Waals surface area (Å²) in [5, 5.41) is 3.23. The van der Waals surface area contributed by atoms with Gasteiger partial charge in [-0.2, -0.15) is 0 Å². The number of likely N-dealkylation sites (N-methyl/N-ethyl adjacent to an activating group) is 1. The number of aryl methyl sites for hydroxylation is 1. The fraction of sp³-hybridized carbons (Fsp3) is 0.400. The van der Waals surface area contributed by atoms with Gasteiger partial charge in [-0.05, 0) is 32.5 Å². The molecule has 1 heterocycles. The van der Waals surface area contributed by atoms with Crippen LogP contribution in [0.1, 0.15) is 30.8 Å². The second-order valence-electron chi connectivity index (χ2n) is 4.77. The normalized spacial score (nSPS) is 12.6. The first-order valence-corrected chi connectivity index (χ1v) is 7.42. The molecule has 1 atom stereocenters. The van der Waals surface area contributed by atoms with E-state index in [-0.39, 0.29) is 0 Å². The van der Waals surface area contributed by atoms with Crippen molar-refractivity contribution in [3.63, 3.8) is 0 Å². The van der Waals surface area contributed by atoms with Gasteiger partial charge in [0.2, 0.25) is 0 Å². The van der Waals surface area contributed by atoms with E-state index >= 15 is 0 Å². The third-order valence-electron chi connectivity index (χ3n) is 3.35. The Hall–Kier alpha value is -1.13. The Labute approximate surface area is 123 Å². The monoisotopic (exact) mass is 321 g/mol. The number of halogens is 1. The molecule has 1 aromatic carbocycles. The van der Waals surface area contributed by atoms with Crippen molar-refractivity contribution in [3.8, 4) is 11.3 Å². The summed E-state index contributed by atoms with van der Waals surface area (Å²) in [6.45, 7) is 5.22. The zero-order chi connectivity index (χ0) is 13.8. The molecule has 0 aliphatic rings. The van der Waals surface area contributed by atoms with E-state index in [1.165, 1.54) is 0 Å². The molecule has 102 valence electrons. The van der Waals surface area contributed by atoms with E-state index in [4.69, 9.17) is 4.98 Å². The molecule has 0 spiro atoms. The molecule has 0 saturated heterocycles. The lowest BCUT2D eigenvalue weighted by molar-refractivity contribution is 0.585. The van der Waals surface area contributed by atoms with E-state index in [1.54, 1.807) is 0 Å². The second kappa shape index (κ2) is 6.35. The van der Waals surface area contributed by atoms with Gasteiger partial charge in [-0.3, -0.25) is 0 Å². The van der Waals surface area contributed by atoms with Gasteiger partial charge in [-0.1, -0.05) is 35.0 Å². The minimum atomic E-state index is 0.438. The number of nitrogens with zero attached hydrogens (tertiary/aromatic N) is 1. The molecule has 0 saturated carbocycles. The van der Waals surface area contributed by atoms with Crippen molar-refractivity contribution < 1.29 is 0 Å². The summed E-state index contributed by atoms with van der Waals surface area (Å²) < 4.78 is 1.09. The van der Waals surface area contributed by atoms with Gasteiger partial charge >= 0.3 is 0 Å². The van der Waals surface area contributed by atoms with Crippen molar-refractivity contribution in [3.05, 3.63) is 40.3 Å². The highest BCUT2D eigenvalue weighted by atomic mass is 79.9. The van der Waals surface area contributed by atoms with E-state index in [0.29, 0.717) is 5.92 Å². The zero-order valence-corrected chi connectivity index (χ0v) is 13.2. The van der Waals surface area contributed by atoms with Gasteiger partial charge in [0.05, 0.1) is 5.69 Å². The van der Waals surface area contributed by atoms with Crippen molar-refractivity contribution >= 4 is 15.9 Å². The average Bonchev–Trinajstić information content (AvgIpc) is 2.79. The number of H-pyrrole nitrogens is 1. The lowest BCUT2D eigenvalue weighted by Gasteiger charge is -2.10. The van der Waals surface area contributed by atoms with Crippen molar-refractivity contribution in [2.75, 3.05) is 13.6 Å². The Kier molecular flexibility index (Phi) is 4.77. The second-order valence-corrected chi connectivity index (χ2v) is 5.68. The van der Waals surface area contributed by atoms with E-state index in [9.17, 15) is 0 Å². The van der Waals surface area contributed by atoms with Crippen LogP contribution < -0.4 is 5.32 Å². The first-order chi connectivity index (χ1) is 9.15. The Morgan fingerprint density at radius 2 is 2.00 bits per heavy atom. The van der Waals surface area contributed by atoms with Gasteiger partial charge in [0.15, 0.2) is 0 Å². The van der Waals surface area contributed by atoms with Gasteiger partial charge in [0, 0.05) is 28.2 Å². The molecular weight excluding hydrogens is 302 g/mol. The number of rotatable bonds is 5. The minimum Gasteiger partial charge on any atom is -0.345 e. The van der Waals surface area contributed by atoms with Crippen LogP contribution in [0.5, 0.6) is 0 Å². The first kappa shape index (κ1) is 14.3. The third kappa shape index (κ3) is 3.25. The van der Waals surface area contributed by atoms with Gasteiger partial charge in [-0.15, -0.1) is 0 Å². The summed E-state index contributed by atoms with van der Waals surface area (Å²) in [5.41, 5.74) is 3.34. The number of nitrogens with one attached hydrogen (secondary N) is 2. The van der Waals surface area contributed by atoms with E-state index in [0.717, 1.165) is 40.2 Å². The molecule has 3 nitrogen and oxygen atoms in total. The zero-order valence-electron chi connectivity index (χ0n) is 11.6. The Bertz CT molecular complexity index is 531. The highest BCUT2D eigenvalue weighted by molar-refractivity contribution is 9.10. The van der Waals surface area contributed by atoms with Crippen molar-refractivity contribution in [2.24, 2.45) is 0 Å². The topological polar surface area (TPSA) is 40.7 Å². The fourth-order valence-corrected chi connectivity index (χ4v) is 2.51. The van der Waals surface area contributed by atoms with Crippen molar-refractivity contribution in [1.82, 2.24) is 15.3 Å². The number of hydrogen-bond donors (Lipinski definition) is 2. The SMILES string of the molecule is CCC(CNC)c1nc(-c2ccc(Br)cc2)c(C)[nH]1. The smallest absolute Gasteiger partial charge is 0.111 e. The number of aromatic nitrogens is 2. The van der Waals surface area contributed by atoms with Crippen LogP contribution in [-0.4, -0.2) is 23.6 Å². The van der Waals surface area contributed by atoms with E-state index in [1.807, 2.05) is 19.2 Å². The van der Waals surface area contributed by atoms with Crippen LogP contribution in [0.15, 0.2) is 28.7 Å². The summed E-state index contributed by atoms with van der Waals surface area (Å²) in [7, 11) is 1.98. The minimum absolute atomic E-state index is 0.438. The summed E-state index contributed by atoms with van der Waals surface area (Å²) in [6.07, 6.45) is 1.08. The molecule has 2 N–H and O–H groups in total. The summed E-state index contributed by atoms with van der Waals surface area (Å²) >= 11 is 3.46. The molecule has 0 amide bonds. The molecule has 2 rings (SSSR count). The van der Waals surface area contributed by atoms with Gasteiger partial charge < -0.3 is 10.3 Å². The number of aromatic amines is 1. The lowest BCUT2D eigenvalue weighted by atomic mass is 10.1. The molecule has 0 bridgehead atoms. The maximum Gasteiger partial charge on any atom is 0.111 e. The predicted octanol–water partition coefficient (Wildman–Crippen LogP) is 3.86. The van der Waals surface area contributed by atoms with Gasteiger partial charge in [0.25, 0.3) is 0 Å². The molecule has 0 aliphatic heterocycles. The van der Waals surface area contributed by atoms with Gasteiger partial charge in [0.1, 0.15) is 5.82 Å². The summed E-state index contributed by atoms with van der Waals surface area (Å²) in [5.74, 6) is 1.51. The molecule has 2 aromatic rings. The van der Waals surface area contributed by atoms with Crippen molar-refractivity contribution in [1.29, 1.82) is 0 Å². The third-order valence-corrected chi connectivity index (χ3v) is 3.88. The van der Waals surface area contributed by atoms with E-state index < -0.39 is 0 Å². The molecule has 19 heavy (non-hydrogen) atoms. The van der Waals surface area contributed by atoms with Crippen LogP contribution >= 0.6 is 15.9 Å². The van der Waals surface area contributed by atoms with Crippen LogP contribution in [-0.2, 0) is 0 Å². The van der Waals surface area contributed by atoms with Crippen molar-refractivity contribution in [2.45, 2.75) is 26.2 Å². The number of imidazole rings is 1. The highest BCUT2D eigenvalue weighted by Crippen LogP contribution is 2.26. The quantitative estimate of drug-likeness (QED) is 0.877. The molecule has 0 aliphatic carbocycles. The van der Waals surface area contributed by atoms with E-state index in [2.05, 4.69) is 52.2 Å². The molecule has 1 aromatic heterocycles. The predicted molar refractivity (Wildman–Crippen MR) is 83.4 cm³/mol. The Balaban J connectivity index is 2.32. The molecule has 1 unspecified atom stereocenters.